The molecule has 5 aromatic rings. The molecule has 0 spiro atoms. The third-order valence-electron chi connectivity index (χ3n) is 9.88. The molecule has 0 bridgehead atoms. The molecule has 0 aliphatic carbocycles. The van der Waals surface area contributed by atoms with E-state index < -0.39 is 195 Å². The Morgan fingerprint density at radius 2 is 0.529 bits per heavy atom. The van der Waals surface area contributed by atoms with E-state index in [-0.39, 0.29) is 0 Å². The fourth-order valence-electron chi connectivity index (χ4n) is 7.01. The second kappa shape index (κ2) is 18.5. The Balaban J connectivity index is 0.000000802. The van der Waals surface area contributed by atoms with Crippen LogP contribution in [0.25, 0.3) is 0 Å². The van der Waals surface area contributed by atoms with Crippen molar-refractivity contribution in [3.8, 4) is 5.75 Å². The van der Waals surface area contributed by atoms with E-state index in [2.05, 4.69) is 12.5 Å². The minimum atomic E-state index is -6.13. The van der Waals surface area contributed by atoms with E-state index in [0.29, 0.717) is 16.6 Å². The van der Waals surface area contributed by atoms with E-state index in [4.69, 9.17) is 0 Å². The number of alkyl halides is 24. The van der Waals surface area contributed by atoms with Crippen molar-refractivity contribution >= 4 is 38.9 Å². The van der Waals surface area contributed by atoms with Gasteiger partial charge in [-0.3, -0.25) is 0 Å². The van der Waals surface area contributed by atoms with Crippen molar-refractivity contribution in [3.05, 3.63) is 147 Å². The summed E-state index contributed by atoms with van der Waals surface area (Å²) < 4.78 is 341. The molecule has 5 aromatic carbocycles. The molecule has 0 aliphatic heterocycles. The third kappa shape index (κ3) is 12.8. The largest absolute Gasteiger partial charge is 0.507 e. The molecule has 5 rings (SSSR count). The lowest BCUT2D eigenvalue weighted by molar-refractivity contribution is -0.144. The zero-order valence-corrected chi connectivity index (χ0v) is 34.3. The second-order valence-corrected chi connectivity index (χ2v) is 17.2. The van der Waals surface area contributed by atoms with Gasteiger partial charge in [0.2, 0.25) is 0 Å². The first-order valence-electron chi connectivity index (χ1n) is 18.1. The average molecular weight is 1030 g/mol. The number of phenols is 1. The van der Waals surface area contributed by atoms with Crippen LogP contribution >= 0.6 is 0 Å². The zero-order valence-electron chi connectivity index (χ0n) is 33.4. The number of phenolic OH excluding ortho intramolecular Hbond substituents is 1. The van der Waals surface area contributed by atoms with Gasteiger partial charge in [0, 0.05) is 5.56 Å². The summed E-state index contributed by atoms with van der Waals surface area (Å²) >= 11 is 0. The van der Waals surface area contributed by atoms with Gasteiger partial charge in [-0.1, -0.05) is 66.7 Å². The number of benzene rings is 5. The molecule has 0 amide bonds. The van der Waals surface area contributed by atoms with E-state index in [9.17, 15) is 110 Å². The first kappa shape index (κ1) is 55.2. The van der Waals surface area contributed by atoms with Crippen LogP contribution in [0.3, 0.4) is 0 Å². The van der Waals surface area contributed by atoms with Crippen molar-refractivity contribution in [2.75, 3.05) is 12.5 Å². The van der Waals surface area contributed by atoms with Crippen LogP contribution in [0.5, 0.6) is 5.75 Å². The van der Waals surface area contributed by atoms with Gasteiger partial charge in [0.05, 0.1) is 57.0 Å². The molecule has 0 heterocycles. The van der Waals surface area contributed by atoms with Crippen LogP contribution < -0.4 is 21.9 Å². The van der Waals surface area contributed by atoms with Gasteiger partial charge in [-0.05, 0) is 41.2 Å². The lowest BCUT2D eigenvalue weighted by Gasteiger charge is -2.46. The van der Waals surface area contributed by atoms with Crippen molar-refractivity contribution in [1.82, 2.24) is 0 Å². The average Bonchev–Trinajstić information content (AvgIpc) is 3.16. The number of halogens is 24. The van der Waals surface area contributed by atoms with E-state index in [1.807, 2.05) is 18.2 Å². The monoisotopic (exact) mass is 1030 g/mol. The standard InChI is InChI=1S/C32H12BF24.C9H12OS/c34-25(35,36)13-1-14(26(37,38)39)6-21(5-13)33(22-7-15(27(40,41)42)2-16(8-22)28(43,44)45,23-9-17(29(46,47)48)3-18(10-23)30(49,50)51)24-11-19(31(52,53)54)4-20(12-24)32(55,56)57;1-11(2)7-8-5-3-4-6-9(8)10/h1-12H;3-6H,7H2,1-2H3/q-1;/p+1. The van der Waals surface area contributed by atoms with Crippen molar-refractivity contribution in [3.63, 3.8) is 0 Å². The van der Waals surface area contributed by atoms with Crippen molar-refractivity contribution in [1.29, 1.82) is 0 Å². The molecule has 0 saturated carbocycles. The maximum absolute atomic E-state index is 14.2. The van der Waals surface area contributed by atoms with Crippen LogP contribution in [-0.2, 0) is 66.1 Å². The van der Waals surface area contributed by atoms with Crippen LogP contribution in [0.4, 0.5) is 105 Å². The maximum Gasteiger partial charge on any atom is 0.416 e. The van der Waals surface area contributed by atoms with Gasteiger partial charge in [0.1, 0.15) is 17.6 Å². The highest BCUT2D eigenvalue weighted by Crippen LogP contribution is 2.41. The summed E-state index contributed by atoms with van der Waals surface area (Å²) in [4.78, 5) is 0. The van der Waals surface area contributed by atoms with Crippen molar-refractivity contribution < 1.29 is 110 Å². The Labute approximate surface area is 369 Å². The molecule has 0 aromatic heterocycles. The Morgan fingerprint density at radius 3 is 0.691 bits per heavy atom. The highest BCUT2D eigenvalue weighted by Gasteiger charge is 2.47. The molecule has 0 radical (unpaired) electrons. The summed E-state index contributed by atoms with van der Waals surface area (Å²) in [5, 5.41) is 9.36. The van der Waals surface area contributed by atoms with Crippen LogP contribution in [0.15, 0.2) is 97.1 Å². The van der Waals surface area contributed by atoms with Gasteiger partial charge >= 0.3 is 49.4 Å². The SMILES string of the molecule is C[S+](C)Cc1ccccc1O.FC(F)(F)c1cc([B-](c2cc(C(F)(F)F)cc(C(F)(F)F)c2)(c2cc(C(F)(F)F)cc(C(F)(F)F)c2)c2cc(C(F)(F)F)cc(C(F)(F)F)c2)cc(C(F)(F)F)c1. The number of para-hydroxylation sites is 1. The van der Waals surface area contributed by atoms with Crippen LogP contribution in [-0.4, -0.2) is 23.8 Å². The zero-order chi connectivity index (χ0) is 52.2. The molecule has 27 heteroatoms. The van der Waals surface area contributed by atoms with Gasteiger partial charge in [0.15, 0.2) is 0 Å². The van der Waals surface area contributed by atoms with E-state index in [1.54, 1.807) is 6.07 Å². The number of aromatic hydroxyl groups is 1. The predicted octanol–water partition coefficient (Wildman–Crippen LogP) is 13.0. The topological polar surface area (TPSA) is 20.2 Å². The van der Waals surface area contributed by atoms with Crippen LogP contribution in [0.2, 0.25) is 0 Å². The minimum Gasteiger partial charge on any atom is -0.507 e. The van der Waals surface area contributed by atoms with E-state index >= 15 is 0 Å². The van der Waals surface area contributed by atoms with Gasteiger partial charge in [-0.2, -0.15) is 127 Å². The Bertz CT molecular complexity index is 2150. The van der Waals surface area contributed by atoms with Crippen molar-refractivity contribution in [2.45, 2.75) is 55.2 Å². The van der Waals surface area contributed by atoms with E-state index in [0.717, 1.165) is 11.3 Å². The number of hydrogen-bond acceptors (Lipinski definition) is 1. The Hall–Kier alpha value is -5.37. The molecule has 1 nitrogen and oxygen atoms in total. The molecular weight excluding hydrogens is 1010 g/mol. The van der Waals surface area contributed by atoms with Crippen LogP contribution in [0.1, 0.15) is 50.1 Å². The molecule has 0 fully saturated rings. The molecule has 372 valence electrons. The van der Waals surface area contributed by atoms with Crippen LogP contribution in [0, 0.1) is 0 Å². The highest BCUT2D eigenvalue weighted by molar-refractivity contribution is 7.94. The molecule has 68 heavy (non-hydrogen) atoms. The number of rotatable bonds is 6. The number of hydrogen-bond donors (Lipinski definition) is 1. The summed E-state index contributed by atoms with van der Waals surface area (Å²) in [6.45, 7) is 0. The van der Waals surface area contributed by atoms with Gasteiger partial charge in [0.25, 0.3) is 0 Å². The lowest BCUT2D eigenvalue weighted by Crippen LogP contribution is -2.75. The molecule has 0 aliphatic rings. The molecular formula is C41H25BF24OS. The quantitative estimate of drug-likeness (QED) is 0.102. The smallest absolute Gasteiger partial charge is 0.416 e. The fraction of sp³-hybridized carbons (Fsp3) is 0.268. The van der Waals surface area contributed by atoms with Gasteiger partial charge in [-0.25, -0.2) is 0 Å². The summed E-state index contributed by atoms with van der Waals surface area (Å²) in [5.74, 6) is 1.40. The summed E-state index contributed by atoms with van der Waals surface area (Å²) in [6.07, 6.45) is -50.5. The first-order chi connectivity index (χ1) is 30.5. The summed E-state index contributed by atoms with van der Waals surface area (Å²) in [7, 11) is 0.363. The Kier molecular flexibility index (Phi) is 15.0. The molecule has 0 atom stereocenters. The maximum atomic E-state index is 14.2. The molecule has 1 N–H and O–H groups in total. The second-order valence-electron chi connectivity index (χ2n) is 15.0. The van der Waals surface area contributed by atoms with Crippen molar-refractivity contribution in [2.24, 2.45) is 0 Å². The first-order valence-corrected chi connectivity index (χ1v) is 20.3. The highest BCUT2D eigenvalue weighted by atomic mass is 32.2. The molecule has 0 unspecified atom stereocenters. The predicted molar refractivity (Wildman–Crippen MR) is 201 cm³/mol. The normalized spacial score (nSPS) is 13.7. The molecule has 0 saturated heterocycles. The minimum absolute atomic E-state index is 0.363. The summed E-state index contributed by atoms with van der Waals surface area (Å²) in [5.41, 5.74) is -29.1. The van der Waals surface area contributed by atoms with Gasteiger partial charge in [-0.15, -0.1) is 0 Å². The lowest BCUT2D eigenvalue weighted by atomic mass is 9.12. The Morgan fingerprint density at radius 1 is 0.338 bits per heavy atom. The summed E-state index contributed by atoms with van der Waals surface area (Å²) in [6, 6.07) is -1.29. The fourth-order valence-corrected chi connectivity index (χ4v) is 7.88. The third-order valence-corrected chi connectivity index (χ3v) is 10.8. The van der Waals surface area contributed by atoms with E-state index in [1.165, 1.54) is 0 Å². The van der Waals surface area contributed by atoms with Gasteiger partial charge < -0.3 is 5.11 Å².